The maximum absolute atomic E-state index is 3.87. The molecule has 1 aliphatic rings. The second-order valence-electron chi connectivity index (χ2n) is 5.10. The van der Waals surface area contributed by atoms with E-state index in [1.807, 2.05) is 0 Å². The van der Waals surface area contributed by atoms with Crippen molar-refractivity contribution in [2.24, 2.45) is 29.6 Å². The van der Waals surface area contributed by atoms with Crippen LogP contribution in [-0.2, 0) is 0 Å². The molecule has 4 atom stereocenters. The van der Waals surface area contributed by atoms with Gasteiger partial charge in [0.15, 0.2) is 0 Å². The Balaban J connectivity index is 2.69. The summed E-state index contributed by atoms with van der Waals surface area (Å²) >= 11 is 0. The van der Waals surface area contributed by atoms with Crippen LogP contribution in [0.5, 0.6) is 0 Å². The molecule has 0 bridgehead atoms. The van der Waals surface area contributed by atoms with Crippen LogP contribution in [0, 0.1) is 29.6 Å². The number of rotatable bonds is 2. The quantitative estimate of drug-likeness (QED) is 0.561. The van der Waals surface area contributed by atoms with Crippen LogP contribution < -0.4 is 0 Å². The summed E-state index contributed by atoms with van der Waals surface area (Å²) in [5, 5.41) is 0. The third-order valence-electron chi connectivity index (χ3n) is 4.33. The maximum atomic E-state index is 3.87. The minimum atomic E-state index is 0.872. The van der Waals surface area contributed by atoms with Gasteiger partial charge in [0, 0.05) is 0 Å². The fourth-order valence-corrected chi connectivity index (χ4v) is 2.96. The van der Waals surface area contributed by atoms with E-state index in [9.17, 15) is 0 Å². The van der Waals surface area contributed by atoms with Crippen molar-refractivity contribution in [3.63, 3.8) is 0 Å². The molecule has 1 rings (SSSR count). The predicted molar refractivity (Wildman–Crippen MR) is 59.6 cm³/mol. The number of hydrogen-bond donors (Lipinski definition) is 0. The maximum Gasteiger partial charge on any atom is -0.0320 e. The van der Waals surface area contributed by atoms with E-state index in [1.54, 1.807) is 0 Å². The number of allylic oxidation sites excluding steroid dienone is 1. The highest BCUT2D eigenvalue weighted by molar-refractivity contribution is 4.88. The van der Waals surface area contributed by atoms with Crippen LogP contribution >= 0.6 is 0 Å². The molecule has 0 amide bonds. The standard InChI is InChI=1S/C13H24/c1-6-7-13-11(4)9(2)8-10(3)12(13)5/h6,9-13H,1,7-8H2,2-5H3. The Morgan fingerprint density at radius 3 is 1.92 bits per heavy atom. The molecule has 0 radical (unpaired) electrons. The van der Waals surface area contributed by atoms with E-state index in [4.69, 9.17) is 0 Å². The topological polar surface area (TPSA) is 0 Å². The van der Waals surface area contributed by atoms with E-state index >= 15 is 0 Å². The molecule has 1 aliphatic carbocycles. The summed E-state index contributed by atoms with van der Waals surface area (Å²) in [7, 11) is 0. The van der Waals surface area contributed by atoms with Crippen LogP contribution in [0.1, 0.15) is 40.5 Å². The van der Waals surface area contributed by atoms with Gasteiger partial charge in [-0.25, -0.2) is 0 Å². The first kappa shape index (κ1) is 10.8. The number of hydrogen-bond acceptors (Lipinski definition) is 0. The molecule has 4 unspecified atom stereocenters. The van der Waals surface area contributed by atoms with Crippen molar-refractivity contribution in [1.29, 1.82) is 0 Å². The van der Waals surface area contributed by atoms with Gasteiger partial charge < -0.3 is 0 Å². The summed E-state index contributed by atoms with van der Waals surface area (Å²) in [6.45, 7) is 13.5. The van der Waals surface area contributed by atoms with Crippen LogP contribution in [-0.4, -0.2) is 0 Å². The Labute approximate surface area is 83.4 Å². The van der Waals surface area contributed by atoms with Crippen LogP contribution in [0.15, 0.2) is 12.7 Å². The molecule has 0 aromatic carbocycles. The molecule has 0 aromatic rings. The van der Waals surface area contributed by atoms with E-state index in [0.717, 1.165) is 29.6 Å². The summed E-state index contributed by atoms with van der Waals surface area (Å²) in [5.41, 5.74) is 0. The van der Waals surface area contributed by atoms with Gasteiger partial charge in [0.25, 0.3) is 0 Å². The first-order valence-electron chi connectivity index (χ1n) is 5.68. The SMILES string of the molecule is C=CCC1C(C)C(C)CC(C)C1C. The molecule has 0 heterocycles. The van der Waals surface area contributed by atoms with Gasteiger partial charge in [-0.1, -0.05) is 33.8 Å². The molecule has 0 spiro atoms. The van der Waals surface area contributed by atoms with Crippen LogP contribution in [0.25, 0.3) is 0 Å². The fourth-order valence-electron chi connectivity index (χ4n) is 2.96. The molecule has 1 fully saturated rings. The van der Waals surface area contributed by atoms with Crippen molar-refractivity contribution < 1.29 is 0 Å². The van der Waals surface area contributed by atoms with Crippen molar-refractivity contribution in [2.75, 3.05) is 0 Å². The lowest BCUT2D eigenvalue weighted by Crippen LogP contribution is -2.35. The Morgan fingerprint density at radius 2 is 1.54 bits per heavy atom. The summed E-state index contributed by atoms with van der Waals surface area (Å²) in [4.78, 5) is 0. The summed E-state index contributed by atoms with van der Waals surface area (Å²) in [6.07, 6.45) is 4.72. The summed E-state index contributed by atoms with van der Waals surface area (Å²) in [6, 6.07) is 0. The molecule has 0 nitrogen and oxygen atoms in total. The van der Waals surface area contributed by atoms with E-state index in [1.165, 1.54) is 12.8 Å². The first-order valence-corrected chi connectivity index (χ1v) is 5.68. The highest BCUT2D eigenvalue weighted by Crippen LogP contribution is 2.43. The Morgan fingerprint density at radius 1 is 1.08 bits per heavy atom. The van der Waals surface area contributed by atoms with Gasteiger partial charge in [-0.2, -0.15) is 0 Å². The average Bonchev–Trinajstić information content (AvgIpc) is 2.09. The van der Waals surface area contributed by atoms with Gasteiger partial charge in [0.1, 0.15) is 0 Å². The fraction of sp³-hybridized carbons (Fsp3) is 0.846. The highest BCUT2D eigenvalue weighted by Gasteiger charge is 2.35. The molecule has 0 heteroatoms. The van der Waals surface area contributed by atoms with Crippen molar-refractivity contribution in [2.45, 2.75) is 40.5 Å². The Bertz CT molecular complexity index is 157. The van der Waals surface area contributed by atoms with Gasteiger partial charge in [-0.15, -0.1) is 6.58 Å². The molecule has 13 heavy (non-hydrogen) atoms. The van der Waals surface area contributed by atoms with Crippen LogP contribution in [0.3, 0.4) is 0 Å². The second-order valence-corrected chi connectivity index (χ2v) is 5.10. The van der Waals surface area contributed by atoms with Crippen molar-refractivity contribution in [3.8, 4) is 0 Å². The van der Waals surface area contributed by atoms with Gasteiger partial charge >= 0.3 is 0 Å². The van der Waals surface area contributed by atoms with Crippen LogP contribution in [0.2, 0.25) is 0 Å². The van der Waals surface area contributed by atoms with Crippen LogP contribution in [0.4, 0.5) is 0 Å². The van der Waals surface area contributed by atoms with E-state index in [2.05, 4.69) is 40.3 Å². The van der Waals surface area contributed by atoms with E-state index in [-0.39, 0.29) is 0 Å². The van der Waals surface area contributed by atoms with Gasteiger partial charge in [0.05, 0.1) is 0 Å². The summed E-state index contributed by atoms with van der Waals surface area (Å²) in [5.74, 6) is 4.43. The molecule has 0 aliphatic heterocycles. The molecule has 76 valence electrons. The van der Waals surface area contributed by atoms with Gasteiger partial charge in [-0.3, -0.25) is 0 Å². The molecular formula is C13H24. The van der Waals surface area contributed by atoms with Crippen molar-refractivity contribution in [3.05, 3.63) is 12.7 Å². The molecule has 0 N–H and O–H groups in total. The van der Waals surface area contributed by atoms with E-state index < -0.39 is 0 Å². The molecular weight excluding hydrogens is 156 g/mol. The zero-order chi connectivity index (χ0) is 10.0. The third-order valence-corrected chi connectivity index (χ3v) is 4.33. The smallest absolute Gasteiger partial charge is 0.0320 e. The first-order chi connectivity index (χ1) is 6.07. The Kier molecular flexibility index (Phi) is 3.58. The largest absolute Gasteiger partial charge is 0.103 e. The van der Waals surface area contributed by atoms with Crippen molar-refractivity contribution >= 4 is 0 Å². The molecule has 0 saturated heterocycles. The van der Waals surface area contributed by atoms with Gasteiger partial charge in [0.2, 0.25) is 0 Å². The highest BCUT2D eigenvalue weighted by atomic mass is 14.4. The van der Waals surface area contributed by atoms with E-state index in [0.29, 0.717) is 0 Å². The predicted octanol–water partition coefficient (Wildman–Crippen LogP) is 4.13. The minimum Gasteiger partial charge on any atom is -0.103 e. The lowest BCUT2D eigenvalue weighted by atomic mass is 9.63. The third kappa shape index (κ3) is 2.15. The zero-order valence-electron chi connectivity index (χ0n) is 9.59. The van der Waals surface area contributed by atoms with Crippen molar-refractivity contribution in [1.82, 2.24) is 0 Å². The lowest BCUT2D eigenvalue weighted by molar-refractivity contribution is 0.0749. The normalized spacial score (nSPS) is 46.0. The monoisotopic (exact) mass is 180 g/mol. The summed E-state index contributed by atoms with van der Waals surface area (Å²) < 4.78 is 0. The average molecular weight is 180 g/mol. The zero-order valence-corrected chi connectivity index (χ0v) is 9.59. The second kappa shape index (κ2) is 4.30. The molecule has 1 saturated carbocycles. The molecule has 0 aromatic heterocycles. The Hall–Kier alpha value is -0.260. The minimum absolute atomic E-state index is 0.872. The van der Waals surface area contributed by atoms with Gasteiger partial charge in [-0.05, 0) is 42.4 Å². The lowest BCUT2D eigenvalue weighted by Gasteiger charge is -2.42.